The summed E-state index contributed by atoms with van der Waals surface area (Å²) < 4.78 is 4.66. The molecular weight excluding hydrogens is 238 g/mol. The van der Waals surface area contributed by atoms with Crippen molar-refractivity contribution < 1.29 is 9.53 Å². The Labute approximate surface area is 105 Å². The Morgan fingerprint density at radius 1 is 1.59 bits per heavy atom. The summed E-state index contributed by atoms with van der Waals surface area (Å²) in [5.41, 5.74) is 0.412. The Morgan fingerprint density at radius 2 is 2.29 bits per heavy atom. The average molecular weight is 255 g/mol. The predicted molar refractivity (Wildman–Crippen MR) is 66.3 cm³/mol. The molecule has 2 heterocycles. The Hall–Kier alpha value is -0.980. The topological polar surface area (TPSA) is 54.5 Å². The molecule has 1 aliphatic heterocycles. The number of nitrogens with zero attached hydrogens (tertiary/aromatic N) is 2. The van der Waals surface area contributed by atoms with Gasteiger partial charge in [0.15, 0.2) is 5.69 Å². The van der Waals surface area contributed by atoms with Gasteiger partial charge in [-0.05, 0) is 6.92 Å². The molecule has 0 aliphatic carbocycles. The minimum Gasteiger partial charge on any atom is -0.464 e. The first-order valence-electron chi connectivity index (χ1n) is 5.71. The molecule has 1 saturated heterocycles. The highest BCUT2D eigenvalue weighted by molar-refractivity contribution is 7.09. The fourth-order valence-corrected chi connectivity index (χ4v) is 2.78. The Bertz CT molecular complexity index is 388. The number of aromatic nitrogens is 1. The molecule has 0 saturated carbocycles. The number of esters is 1. The van der Waals surface area contributed by atoms with E-state index in [1.807, 2.05) is 0 Å². The van der Waals surface area contributed by atoms with Gasteiger partial charge >= 0.3 is 5.97 Å². The van der Waals surface area contributed by atoms with Crippen molar-refractivity contribution in [2.24, 2.45) is 0 Å². The van der Waals surface area contributed by atoms with Gasteiger partial charge in [0, 0.05) is 31.6 Å². The van der Waals surface area contributed by atoms with Crippen LogP contribution in [0.25, 0.3) is 0 Å². The van der Waals surface area contributed by atoms with Crippen molar-refractivity contribution in [3.8, 4) is 0 Å². The van der Waals surface area contributed by atoms with Crippen LogP contribution in [0.2, 0.25) is 0 Å². The van der Waals surface area contributed by atoms with Crippen molar-refractivity contribution in [2.75, 3.05) is 33.3 Å². The van der Waals surface area contributed by atoms with Crippen LogP contribution in [0, 0.1) is 0 Å². The number of hydrogen-bond acceptors (Lipinski definition) is 6. The second-order valence-corrected chi connectivity index (χ2v) is 4.91. The van der Waals surface area contributed by atoms with Crippen molar-refractivity contribution in [1.29, 1.82) is 0 Å². The fourth-order valence-electron chi connectivity index (χ4n) is 1.90. The number of hydrogen-bond donors (Lipinski definition) is 1. The van der Waals surface area contributed by atoms with Crippen molar-refractivity contribution in [1.82, 2.24) is 15.2 Å². The SMILES string of the molecule is COC(=O)c1csc(C(C)N2CCNCC2)n1. The van der Waals surface area contributed by atoms with E-state index in [0.29, 0.717) is 5.69 Å². The van der Waals surface area contributed by atoms with Crippen LogP contribution in [0.3, 0.4) is 0 Å². The zero-order valence-electron chi connectivity index (χ0n) is 10.1. The number of methoxy groups -OCH3 is 1. The van der Waals surface area contributed by atoms with Crippen LogP contribution in [0.5, 0.6) is 0 Å². The Morgan fingerprint density at radius 3 is 2.94 bits per heavy atom. The fraction of sp³-hybridized carbons (Fsp3) is 0.636. The van der Waals surface area contributed by atoms with Gasteiger partial charge in [-0.15, -0.1) is 11.3 Å². The molecule has 1 aliphatic rings. The van der Waals surface area contributed by atoms with Crippen LogP contribution in [-0.4, -0.2) is 49.1 Å². The van der Waals surface area contributed by atoms with E-state index < -0.39 is 0 Å². The van der Waals surface area contributed by atoms with Crippen molar-refractivity contribution >= 4 is 17.3 Å². The minimum absolute atomic E-state index is 0.264. The van der Waals surface area contributed by atoms with E-state index >= 15 is 0 Å². The second kappa shape index (κ2) is 5.57. The normalized spacial score (nSPS) is 18.9. The van der Waals surface area contributed by atoms with Crippen molar-refractivity contribution in [2.45, 2.75) is 13.0 Å². The molecule has 1 fully saturated rings. The molecule has 1 unspecified atom stereocenters. The molecule has 0 aromatic carbocycles. The summed E-state index contributed by atoms with van der Waals surface area (Å²) in [6.07, 6.45) is 0. The number of carbonyl (C=O) groups is 1. The summed E-state index contributed by atoms with van der Waals surface area (Å²) in [6, 6.07) is 0.264. The zero-order chi connectivity index (χ0) is 12.3. The van der Waals surface area contributed by atoms with Gasteiger partial charge in [-0.1, -0.05) is 0 Å². The molecule has 0 bridgehead atoms. The summed E-state index contributed by atoms with van der Waals surface area (Å²) in [5, 5.41) is 6.06. The number of carbonyl (C=O) groups excluding carboxylic acids is 1. The van der Waals surface area contributed by atoms with Gasteiger partial charge in [-0.2, -0.15) is 0 Å². The molecule has 6 heteroatoms. The predicted octanol–water partition coefficient (Wildman–Crippen LogP) is 0.896. The van der Waals surface area contributed by atoms with Crippen molar-refractivity contribution in [3.05, 3.63) is 16.1 Å². The molecule has 0 radical (unpaired) electrons. The highest BCUT2D eigenvalue weighted by Crippen LogP contribution is 2.24. The van der Waals surface area contributed by atoms with Crippen molar-refractivity contribution in [3.63, 3.8) is 0 Å². The molecule has 17 heavy (non-hydrogen) atoms. The van der Waals surface area contributed by atoms with Gasteiger partial charge in [-0.3, -0.25) is 4.90 Å². The van der Waals surface area contributed by atoms with E-state index in [0.717, 1.165) is 31.2 Å². The maximum atomic E-state index is 11.3. The largest absolute Gasteiger partial charge is 0.464 e. The quantitative estimate of drug-likeness (QED) is 0.813. The lowest BCUT2D eigenvalue weighted by Crippen LogP contribution is -2.44. The van der Waals surface area contributed by atoms with Crippen LogP contribution in [0.4, 0.5) is 0 Å². The van der Waals surface area contributed by atoms with Gasteiger partial charge in [0.25, 0.3) is 0 Å². The zero-order valence-corrected chi connectivity index (χ0v) is 10.9. The molecule has 94 valence electrons. The van der Waals surface area contributed by atoms with E-state index in [1.54, 1.807) is 5.38 Å². The Kier molecular flexibility index (Phi) is 4.09. The highest BCUT2D eigenvalue weighted by atomic mass is 32.1. The van der Waals surface area contributed by atoms with Crippen LogP contribution < -0.4 is 5.32 Å². The average Bonchev–Trinajstić information content (AvgIpc) is 2.87. The molecule has 1 N–H and O–H groups in total. The first kappa shape index (κ1) is 12.5. The third-order valence-corrected chi connectivity index (χ3v) is 3.99. The number of piperazine rings is 1. The van der Waals surface area contributed by atoms with Gasteiger partial charge in [0.05, 0.1) is 13.2 Å². The monoisotopic (exact) mass is 255 g/mol. The maximum absolute atomic E-state index is 11.3. The number of nitrogens with one attached hydrogen (secondary N) is 1. The molecular formula is C11H17N3O2S. The number of rotatable bonds is 3. The third-order valence-electron chi connectivity index (χ3n) is 2.97. The summed E-state index contributed by atoms with van der Waals surface area (Å²) in [4.78, 5) is 18.0. The van der Waals surface area contributed by atoms with E-state index in [4.69, 9.17) is 0 Å². The Balaban J connectivity index is 2.05. The highest BCUT2D eigenvalue weighted by Gasteiger charge is 2.21. The first-order valence-corrected chi connectivity index (χ1v) is 6.59. The minimum atomic E-state index is -0.361. The smallest absolute Gasteiger partial charge is 0.357 e. The van der Waals surface area contributed by atoms with E-state index in [-0.39, 0.29) is 12.0 Å². The number of ether oxygens (including phenoxy) is 1. The molecule has 1 aromatic rings. The maximum Gasteiger partial charge on any atom is 0.357 e. The van der Waals surface area contributed by atoms with Crippen LogP contribution in [0.1, 0.15) is 28.5 Å². The molecule has 1 aromatic heterocycles. The van der Waals surface area contributed by atoms with Gasteiger partial charge in [-0.25, -0.2) is 9.78 Å². The van der Waals surface area contributed by atoms with Gasteiger partial charge in [0.2, 0.25) is 0 Å². The lowest BCUT2D eigenvalue weighted by Gasteiger charge is -2.31. The lowest BCUT2D eigenvalue weighted by molar-refractivity contribution is 0.0594. The standard InChI is InChI=1S/C11H17N3O2S/c1-8(14-5-3-12-4-6-14)10-13-9(7-17-10)11(15)16-2/h7-8,12H,3-6H2,1-2H3. The van der Waals surface area contributed by atoms with E-state index in [1.165, 1.54) is 18.4 Å². The molecule has 0 amide bonds. The lowest BCUT2D eigenvalue weighted by atomic mass is 10.2. The van der Waals surface area contributed by atoms with Crippen LogP contribution in [0.15, 0.2) is 5.38 Å². The number of thiazole rings is 1. The summed E-state index contributed by atoms with van der Waals surface area (Å²) in [6.45, 7) is 6.20. The summed E-state index contributed by atoms with van der Waals surface area (Å²) in [7, 11) is 1.38. The first-order chi connectivity index (χ1) is 8.22. The summed E-state index contributed by atoms with van der Waals surface area (Å²) >= 11 is 1.52. The van der Waals surface area contributed by atoms with Gasteiger partial charge < -0.3 is 10.1 Å². The van der Waals surface area contributed by atoms with Crippen LogP contribution in [-0.2, 0) is 4.74 Å². The van der Waals surface area contributed by atoms with Crippen LogP contribution >= 0.6 is 11.3 Å². The third kappa shape index (κ3) is 2.83. The molecule has 0 spiro atoms. The van der Waals surface area contributed by atoms with E-state index in [9.17, 15) is 4.79 Å². The second-order valence-electron chi connectivity index (χ2n) is 4.02. The summed E-state index contributed by atoms with van der Waals surface area (Å²) in [5.74, 6) is -0.361. The molecule has 2 rings (SSSR count). The molecule has 5 nitrogen and oxygen atoms in total. The van der Waals surface area contributed by atoms with E-state index in [2.05, 4.69) is 26.9 Å². The molecule has 1 atom stereocenters. The van der Waals surface area contributed by atoms with Gasteiger partial charge in [0.1, 0.15) is 5.01 Å².